The molecular formula is C8H17NO4S. The van der Waals surface area contributed by atoms with Crippen LogP contribution in [0.15, 0.2) is 0 Å². The second kappa shape index (κ2) is 5.31. The Morgan fingerprint density at radius 2 is 1.93 bits per heavy atom. The molecule has 0 aromatic heterocycles. The van der Waals surface area contributed by atoms with Gasteiger partial charge in [0, 0.05) is 6.54 Å². The fourth-order valence-corrected chi connectivity index (χ4v) is 2.21. The molecule has 0 radical (unpaired) electrons. The summed E-state index contributed by atoms with van der Waals surface area (Å²) >= 11 is 0. The molecule has 0 aromatic carbocycles. The lowest BCUT2D eigenvalue weighted by molar-refractivity contribution is -0.137. The quantitative estimate of drug-likeness (QED) is 0.706. The lowest BCUT2D eigenvalue weighted by Crippen LogP contribution is -2.39. The van der Waals surface area contributed by atoms with Crippen LogP contribution in [0, 0.1) is 5.92 Å². The molecule has 6 heteroatoms. The van der Waals surface area contributed by atoms with Crippen molar-refractivity contribution in [3.8, 4) is 0 Å². The number of hydrogen-bond acceptors (Lipinski definition) is 3. The van der Waals surface area contributed by atoms with Gasteiger partial charge >= 0.3 is 5.97 Å². The molecule has 14 heavy (non-hydrogen) atoms. The normalized spacial score (nSPS) is 12.4. The Bertz CT molecular complexity index is 284. The Labute approximate surface area is 84.8 Å². The molecule has 0 saturated carbocycles. The van der Waals surface area contributed by atoms with Crippen LogP contribution >= 0.6 is 0 Å². The van der Waals surface area contributed by atoms with Crippen LogP contribution in [0.5, 0.6) is 0 Å². The highest BCUT2D eigenvalue weighted by Gasteiger charge is 2.23. The van der Waals surface area contributed by atoms with Gasteiger partial charge in [0.1, 0.15) is 6.54 Å². The Morgan fingerprint density at radius 3 is 2.21 bits per heavy atom. The van der Waals surface area contributed by atoms with E-state index in [1.165, 1.54) is 6.92 Å². The van der Waals surface area contributed by atoms with E-state index in [1.807, 2.05) is 13.8 Å². The van der Waals surface area contributed by atoms with E-state index in [4.69, 9.17) is 5.11 Å². The summed E-state index contributed by atoms with van der Waals surface area (Å²) in [5, 5.41) is 8.55. The van der Waals surface area contributed by atoms with Crippen molar-refractivity contribution in [3.05, 3.63) is 0 Å². The summed E-state index contributed by atoms with van der Waals surface area (Å²) in [5.74, 6) is -1.06. The van der Waals surface area contributed by atoms with Crippen molar-refractivity contribution in [1.82, 2.24) is 4.31 Å². The third kappa shape index (κ3) is 4.57. The summed E-state index contributed by atoms with van der Waals surface area (Å²) in [6.45, 7) is 5.00. The van der Waals surface area contributed by atoms with E-state index in [-0.39, 0.29) is 18.2 Å². The average molecular weight is 223 g/mol. The summed E-state index contributed by atoms with van der Waals surface area (Å²) in [7, 11) is -3.40. The second-order valence-corrected chi connectivity index (χ2v) is 5.74. The predicted molar refractivity (Wildman–Crippen MR) is 53.5 cm³/mol. The van der Waals surface area contributed by atoms with Gasteiger partial charge in [-0.05, 0) is 12.8 Å². The van der Waals surface area contributed by atoms with Crippen LogP contribution in [0.3, 0.4) is 0 Å². The molecule has 0 amide bonds. The van der Waals surface area contributed by atoms with Gasteiger partial charge in [0.15, 0.2) is 0 Å². The maximum absolute atomic E-state index is 11.4. The molecule has 0 heterocycles. The second-order valence-electron chi connectivity index (χ2n) is 3.48. The number of hydrogen-bond donors (Lipinski definition) is 1. The number of nitrogens with zero attached hydrogens (tertiary/aromatic N) is 1. The van der Waals surface area contributed by atoms with Gasteiger partial charge in [-0.2, -0.15) is 4.31 Å². The van der Waals surface area contributed by atoms with E-state index >= 15 is 0 Å². The standard InChI is InChI=1S/C8H17NO4S/c1-4-14(12,13)9(5-7(2)3)6-8(10)11/h7H,4-6H2,1-3H3,(H,10,11). The molecule has 0 rings (SSSR count). The molecule has 5 nitrogen and oxygen atoms in total. The first-order valence-corrected chi connectivity index (χ1v) is 6.10. The van der Waals surface area contributed by atoms with Crippen molar-refractivity contribution in [1.29, 1.82) is 0 Å². The highest BCUT2D eigenvalue weighted by molar-refractivity contribution is 7.89. The third-order valence-corrected chi connectivity index (χ3v) is 3.43. The summed E-state index contributed by atoms with van der Waals surface area (Å²) in [6, 6.07) is 0. The number of carboxylic acid groups (broad SMARTS) is 1. The number of aliphatic carboxylic acids is 1. The Morgan fingerprint density at radius 1 is 1.43 bits per heavy atom. The van der Waals surface area contributed by atoms with Gasteiger partial charge in [-0.1, -0.05) is 13.8 Å². The van der Waals surface area contributed by atoms with Gasteiger partial charge in [-0.25, -0.2) is 8.42 Å². The summed E-state index contributed by atoms with van der Waals surface area (Å²) < 4.78 is 23.9. The predicted octanol–water partition coefficient (Wildman–Crippen LogP) is 0.379. The molecule has 0 spiro atoms. The number of rotatable bonds is 6. The molecule has 0 aromatic rings. The van der Waals surface area contributed by atoms with E-state index < -0.39 is 22.5 Å². The number of carbonyl (C=O) groups is 1. The molecular weight excluding hydrogens is 206 g/mol. The average Bonchev–Trinajstić information content (AvgIpc) is 2.01. The molecule has 0 saturated heterocycles. The number of carboxylic acids is 1. The smallest absolute Gasteiger partial charge is 0.318 e. The molecule has 0 bridgehead atoms. The molecule has 1 N–H and O–H groups in total. The van der Waals surface area contributed by atoms with Gasteiger partial charge in [-0.3, -0.25) is 4.79 Å². The lowest BCUT2D eigenvalue weighted by atomic mass is 10.2. The summed E-state index contributed by atoms with van der Waals surface area (Å²) in [6.07, 6.45) is 0. The van der Waals surface area contributed by atoms with Gasteiger partial charge in [0.2, 0.25) is 10.0 Å². The van der Waals surface area contributed by atoms with Crippen molar-refractivity contribution in [2.75, 3.05) is 18.8 Å². The van der Waals surface area contributed by atoms with Crippen molar-refractivity contribution >= 4 is 16.0 Å². The Hall–Kier alpha value is -0.620. The minimum absolute atomic E-state index is 0.0625. The van der Waals surface area contributed by atoms with E-state index in [0.29, 0.717) is 0 Å². The molecule has 0 unspecified atom stereocenters. The molecule has 0 aliphatic rings. The lowest BCUT2D eigenvalue weighted by Gasteiger charge is -2.21. The molecule has 0 fully saturated rings. The van der Waals surface area contributed by atoms with Crippen molar-refractivity contribution < 1.29 is 18.3 Å². The summed E-state index contributed by atoms with van der Waals surface area (Å²) in [5.41, 5.74) is 0. The van der Waals surface area contributed by atoms with E-state index in [0.717, 1.165) is 4.31 Å². The Balaban J connectivity index is 4.64. The molecule has 0 atom stereocenters. The van der Waals surface area contributed by atoms with Crippen LogP contribution < -0.4 is 0 Å². The van der Waals surface area contributed by atoms with Crippen LogP contribution in [0.2, 0.25) is 0 Å². The first-order chi connectivity index (χ1) is 6.29. The summed E-state index contributed by atoms with van der Waals surface area (Å²) in [4.78, 5) is 10.4. The SMILES string of the molecule is CCS(=O)(=O)N(CC(=O)O)CC(C)C. The zero-order valence-corrected chi connectivity index (χ0v) is 9.54. The van der Waals surface area contributed by atoms with Crippen LogP contribution in [-0.4, -0.2) is 42.6 Å². The van der Waals surface area contributed by atoms with Crippen LogP contribution in [-0.2, 0) is 14.8 Å². The topological polar surface area (TPSA) is 74.7 Å². The fraction of sp³-hybridized carbons (Fsp3) is 0.875. The maximum Gasteiger partial charge on any atom is 0.318 e. The first-order valence-electron chi connectivity index (χ1n) is 4.49. The minimum Gasteiger partial charge on any atom is -0.480 e. The Kier molecular flexibility index (Phi) is 5.07. The molecule has 0 aliphatic carbocycles. The highest BCUT2D eigenvalue weighted by atomic mass is 32.2. The van der Waals surface area contributed by atoms with Crippen LogP contribution in [0.25, 0.3) is 0 Å². The zero-order chi connectivity index (χ0) is 11.4. The third-order valence-electron chi connectivity index (χ3n) is 1.64. The maximum atomic E-state index is 11.4. The minimum atomic E-state index is -3.40. The first kappa shape index (κ1) is 13.4. The van der Waals surface area contributed by atoms with Crippen LogP contribution in [0.4, 0.5) is 0 Å². The number of sulfonamides is 1. The van der Waals surface area contributed by atoms with Gasteiger partial charge in [0.25, 0.3) is 0 Å². The van der Waals surface area contributed by atoms with Crippen molar-refractivity contribution in [2.24, 2.45) is 5.92 Å². The monoisotopic (exact) mass is 223 g/mol. The fourth-order valence-electron chi connectivity index (χ4n) is 1.02. The molecule has 84 valence electrons. The van der Waals surface area contributed by atoms with Crippen LogP contribution in [0.1, 0.15) is 20.8 Å². The largest absolute Gasteiger partial charge is 0.480 e. The van der Waals surface area contributed by atoms with Gasteiger partial charge in [0.05, 0.1) is 5.75 Å². The zero-order valence-electron chi connectivity index (χ0n) is 8.73. The van der Waals surface area contributed by atoms with E-state index in [1.54, 1.807) is 0 Å². The van der Waals surface area contributed by atoms with E-state index in [9.17, 15) is 13.2 Å². The van der Waals surface area contributed by atoms with Gasteiger partial charge in [-0.15, -0.1) is 0 Å². The molecule has 0 aliphatic heterocycles. The van der Waals surface area contributed by atoms with E-state index in [2.05, 4.69) is 0 Å². The van der Waals surface area contributed by atoms with Gasteiger partial charge < -0.3 is 5.11 Å². The van der Waals surface area contributed by atoms with Crippen molar-refractivity contribution in [2.45, 2.75) is 20.8 Å². The highest BCUT2D eigenvalue weighted by Crippen LogP contribution is 2.05. The van der Waals surface area contributed by atoms with Crippen molar-refractivity contribution in [3.63, 3.8) is 0 Å².